The third kappa shape index (κ3) is 6.50. The number of fused-ring (bicyclic) bond motifs is 4. The molecule has 0 radical (unpaired) electrons. The van der Waals surface area contributed by atoms with E-state index in [0.29, 0.717) is 23.4 Å². The van der Waals surface area contributed by atoms with Crippen molar-refractivity contribution in [2.45, 2.75) is 24.7 Å². The summed E-state index contributed by atoms with van der Waals surface area (Å²) in [5.74, 6) is -0.970. The zero-order valence-corrected chi connectivity index (χ0v) is 27.8. The number of nitrogens with zero attached hydrogens (tertiary/aromatic N) is 2. The van der Waals surface area contributed by atoms with E-state index in [1.807, 2.05) is 30.3 Å². The van der Waals surface area contributed by atoms with Crippen LogP contribution in [0.15, 0.2) is 138 Å². The van der Waals surface area contributed by atoms with Gasteiger partial charge in [-0.2, -0.15) is 12.6 Å². The van der Waals surface area contributed by atoms with E-state index in [2.05, 4.69) is 114 Å². The Balaban J connectivity index is 0.000000170. The Kier molecular flexibility index (Phi) is 10.0. The summed E-state index contributed by atoms with van der Waals surface area (Å²) in [5.41, 5.74) is 8.57. The molecule has 49 heavy (non-hydrogen) atoms. The lowest BCUT2D eigenvalue weighted by atomic mass is 9.80. The van der Waals surface area contributed by atoms with Crippen LogP contribution in [-0.2, 0) is 19.9 Å². The minimum atomic E-state index is -1.19. The topological polar surface area (TPSA) is 111 Å². The van der Waals surface area contributed by atoms with E-state index in [1.54, 1.807) is 24.3 Å². The lowest BCUT2D eigenvalue weighted by Gasteiger charge is -2.36. The summed E-state index contributed by atoms with van der Waals surface area (Å²) < 4.78 is 0. The number of carboxylic acid groups (broad SMARTS) is 1. The molecule has 2 aliphatic rings. The van der Waals surface area contributed by atoms with E-state index in [-0.39, 0.29) is 11.6 Å². The Hall–Kier alpha value is -5.51. The van der Waals surface area contributed by atoms with Gasteiger partial charge in [0.2, 0.25) is 12.6 Å². The molecule has 3 N–H and O–H groups in total. The van der Waals surface area contributed by atoms with Crippen molar-refractivity contribution in [2.75, 3.05) is 17.2 Å². The maximum absolute atomic E-state index is 12.7. The molecule has 1 aliphatic heterocycles. The number of benzodiazepines with no additional fused rings is 1. The summed E-state index contributed by atoms with van der Waals surface area (Å²) in [5, 5.41) is 15.4. The van der Waals surface area contributed by atoms with Crippen LogP contribution in [0.25, 0.3) is 11.1 Å². The molecule has 7 rings (SSSR count). The van der Waals surface area contributed by atoms with Gasteiger partial charge in [0.15, 0.2) is 0 Å². The lowest BCUT2D eigenvalue weighted by Crippen LogP contribution is -2.48. The maximum Gasteiger partial charge on any atom is 0.323 e. The van der Waals surface area contributed by atoms with Crippen molar-refractivity contribution in [3.63, 3.8) is 0 Å². The summed E-state index contributed by atoms with van der Waals surface area (Å²) in [6.07, 6.45) is -0.816. The molecule has 0 saturated carbocycles. The Labute approximate surface area is 290 Å². The quantitative estimate of drug-likeness (QED) is 0.116. The lowest BCUT2D eigenvalue weighted by molar-refractivity contribution is -0.136. The van der Waals surface area contributed by atoms with Crippen LogP contribution in [0.3, 0.4) is 0 Å². The Bertz CT molecular complexity index is 1960. The number of carboxylic acids is 1. The Morgan fingerprint density at radius 3 is 1.94 bits per heavy atom. The summed E-state index contributed by atoms with van der Waals surface area (Å²) in [7, 11) is 0. The van der Waals surface area contributed by atoms with Crippen LogP contribution >= 0.6 is 12.6 Å². The van der Waals surface area contributed by atoms with Crippen LogP contribution in [0.1, 0.15) is 34.7 Å². The maximum atomic E-state index is 12.7. The molecule has 0 bridgehead atoms. The van der Waals surface area contributed by atoms with Crippen molar-refractivity contribution in [3.8, 4) is 11.1 Å². The van der Waals surface area contributed by atoms with Gasteiger partial charge in [0.25, 0.3) is 5.91 Å². The van der Waals surface area contributed by atoms with Gasteiger partial charge in [-0.3, -0.25) is 24.6 Å². The standard InChI is InChI=1S/C22H21NS.C18H15N3O4/c1-16(15-24)23-22(17-9-3-2-4-10-17)20-13-7-5-11-18(20)19-12-6-8-14-21(19)22;22-11-19-17-18(25)21(10-15(23)24)14-9-5-4-8-13(14)16(20-17)12-6-2-1-3-7-12/h2-14,16,23-24H,15H2,1H3;1-9,11,17H,10H2,(H,19,22)(H,23,24). The first-order chi connectivity index (χ1) is 23.9. The molecule has 0 spiro atoms. The third-order valence-corrected chi connectivity index (χ3v) is 9.22. The van der Waals surface area contributed by atoms with Crippen molar-refractivity contribution in [2.24, 2.45) is 4.99 Å². The van der Waals surface area contributed by atoms with Gasteiger partial charge in [0, 0.05) is 22.9 Å². The van der Waals surface area contributed by atoms with E-state index in [4.69, 9.17) is 0 Å². The molecule has 2 atom stereocenters. The fourth-order valence-electron chi connectivity index (χ4n) is 6.62. The molecule has 1 heterocycles. The molecule has 0 fully saturated rings. The summed E-state index contributed by atoms with van der Waals surface area (Å²) >= 11 is 4.52. The second kappa shape index (κ2) is 14.7. The van der Waals surface area contributed by atoms with Crippen molar-refractivity contribution in [1.29, 1.82) is 0 Å². The molecule has 9 heteroatoms. The highest BCUT2D eigenvalue weighted by molar-refractivity contribution is 7.80. The summed E-state index contributed by atoms with van der Waals surface area (Å²) in [6.45, 7) is 1.67. The van der Waals surface area contributed by atoms with Crippen LogP contribution in [0.2, 0.25) is 0 Å². The number of para-hydroxylation sites is 1. The van der Waals surface area contributed by atoms with Gasteiger partial charge in [-0.05, 0) is 40.8 Å². The smallest absolute Gasteiger partial charge is 0.323 e. The van der Waals surface area contributed by atoms with Gasteiger partial charge in [-0.25, -0.2) is 4.99 Å². The number of aliphatic carboxylic acids is 1. The second-order valence-electron chi connectivity index (χ2n) is 11.8. The number of hydrogen-bond donors (Lipinski definition) is 4. The highest BCUT2D eigenvalue weighted by Gasteiger charge is 2.44. The number of carbonyl (C=O) groups excluding carboxylic acids is 2. The third-order valence-electron chi connectivity index (χ3n) is 8.67. The van der Waals surface area contributed by atoms with Crippen LogP contribution in [0, 0.1) is 0 Å². The zero-order chi connectivity index (χ0) is 34.4. The van der Waals surface area contributed by atoms with Gasteiger partial charge in [-0.1, -0.05) is 127 Å². The number of nitrogens with one attached hydrogen (secondary N) is 2. The van der Waals surface area contributed by atoms with Crippen LogP contribution in [0.5, 0.6) is 0 Å². The minimum absolute atomic E-state index is 0.285. The van der Waals surface area contributed by atoms with Crippen molar-refractivity contribution < 1.29 is 19.5 Å². The molecule has 2 amide bonds. The monoisotopic (exact) mass is 668 g/mol. The Morgan fingerprint density at radius 1 is 0.837 bits per heavy atom. The Morgan fingerprint density at radius 2 is 1.37 bits per heavy atom. The van der Waals surface area contributed by atoms with Gasteiger partial charge < -0.3 is 10.4 Å². The highest BCUT2D eigenvalue weighted by atomic mass is 32.1. The average Bonchev–Trinajstić information content (AvgIpc) is 3.37. The summed E-state index contributed by atoms with van der Waals surface area (Å²) in [4.78, 5) is 40.4. The SMILES string of the molecule is CC(CS)NC1(c2ccccc2)c2ccccc2-c2ccccc21.O=CNC1N=C(c2ccccc2)c2ccccc2N(CC(=O)O)C1=O. The molecule has 0 aromatic heterocycles. The number of amides is 2. The van der Waals surface area contributed by atoms with Crippen LogP contribution in [-0.4, -0.2) is 53.6 Å². The minimum Gasteiger partial charge on any atom is -0.480 e. The number of rotatable bonds is 9. The van der Waals surface area contributed by atoms with Crippen molar-refractivity contribution in [3.05, 3.63) is 161 Å². The van der Waals surface area contributed by atoms with Gasteiger partial charge >= 0.3 is 5.97 Å². The summed E-state index contributed by atoms with van der Waals surface area (Å²) in [6, 6.07) is 44.7. The van der Waals surface area contributed by atoms with Crippen molar-refractivity contribution >= 4 is 42.3 Å². The molecule has 5 aromatic rings. The molecular formula is C40H36N4O4S. The highest BCUT2D eigenvalue weighted by Crippen LogP contribution is 2.51. The predicted octanol–water partition coefficient (Wildman–Crippen LogP) is 5.89. The van der Waals surface area contributed by atoms with E-state index in [9.17, 15) is 19.5 Å². The zero-order valence-electron chi connectivity index (χ0n) is 26.9. The van der Waals surface area contributed by atoms with E-state index < -0.39 is 24.6 Å². The fraction of sp³-hybridized carbons (Fsp3) is 0.150. The second-order valence-corrected chi connectivity index (χ2v) is 12.2. The molecular weight excluding hydrogens is 633 g/mol. The first kappa shape index (κ1) is 33.4. The predicted molar refractivity (Wildman–Crippen MR) is 196 cm³/mol. The number of hydrogen-bond acceptors (Lipinski definition) is 6. The van der Waals surface area contributed by atoms with E-state index in [0.717, 1.165) is 16.2 Å². The molecule has 246 valence electrons. The fourth-order valence-corrected chi connectivity index (χ4v) is 6.71. The van der Waals surface area contributed by atoms with Gasteiger partial charge in [0.05, 0.1) is 16.9 Å². The molecule has 0 saturated heterocycles. The number of aliphatic imine (C=N–C) groups is 1. The first-order valence-electron chi connectivity index (χ1n) is 16.0. The molecule has 2 unspecified atom stereocenters. The van der Waals surface area contributed by atoms with E-state index in [1.165, 1.54) is 27.8 Å². The number of carbonyl (C=O) groups is 3. The van der Waals surface area contributed by atoms with Crippen LogP contribution in [0.4, 0.5) is 5.69 Å². The number of thiol groups is 1. The molecule has 1 aliphatic carbocycles. The number of benzene rings is 5. The number of anilines is 1. The molecule has 5 aromatic carbocycles. The normalized spacial score (nSPS) is 16.0. The van der Waals surface area contributed by atoms with Gasteiger partial charge in [0.1, 0.15) is 6.54 Å². The van der Waals surface area contributed by atoms with E-state index >= 15 is 0 Å². The van der Waals surface area contributed by atoms with Gasteiger partial charge in [-0.15, -0.1) is 0 Å². The largest absolute Gasteiger partial charge is 0.480 e. The van der Waals surface area contributed by atoms with Crippen LogP contribution < -0.4 is 15.5 Å². The average molecular weight is 669 g/mol. The first-order valence-corrected chi connectivity index (χ1v) is 16.6. The molecule has 8 nitrogen and oxygen atoms in total. The van der Waals surface area contributed by atoms with Crippen molar-refractivity contribution in [1.82, 2.24) is 10.6 Å².